The predicted octanol–water partition coefficient (Wildman–Crippen LogP) is 6.12. The van der Waals surface area contributed by atoms with Crippen LogP contribution in [0.15, 0.2) is 121 Å². The van der Waals surface area contributed by atoms with Crippen LogP contribution in [0.1, 0.15) is 72.1 Å². The van der Waals surface area contributed by atoms with Gasteiger partial charge in [-0.05, 0) is 0 Å². The molecule has 2 amide bonds. The molecule has 2 unspecified atom stereocenters. The van der Waals surface area contributed by atoms with E-state index in [1.165, 1.54) is 0 Å². The van der Waals surface area contributed by atoms with Crippen LogP contribution in [-0.2, 0) is 7.67 Å². The van der Waals surface area contributed by atoms with Gasteiger partial charge >= 0.3 is 282 Å². The van der Waals surface area contributed by atoms with Crippen LogP contribution in [0, 0.1) is 0 Å². The van der Waals surface area contributed by atoms with E-state index in [2.05, 4.69) is 10.6 Å². The second kappa shape index (κ2) is 17.4. The van der Waals surface area contributed by atoms with Crippen LogP contribution in [-0.4, -0.2) is 51.6 Å². The number of hydrogen-bond acceptors (Lipinski definition) is 4. The van der Waals surface area contributed by atoms with Crippen molar-refractivity contribution >= 4 is 48.4 Å². The standard InChI is InChI=1S/2C19H21NO2Se/c2*21-19(15-9-3-1-4-10-15)20-17-13-7-8-14-18(17)23(22)16-11-5-2-6-12-16/h2*1-6,9-12,17-18H,7-8,13-14H2,(H,20,21)/t2*17-,18-,23?/m11/s1. The number of carbonyl (C=O) groups is 2. The summed E-state index contributed by atoms with van der Waals surface area (Å²) in [6, 6.07) is 37.9. The van der Waals surface area contributed by atoms with Crippen LogP contribution in [0.4, 0.5) is 0 Å². The van der Waals surface area contributed by atoms with Gasteiger partial charge in [-0.3, -0.25) is 0 Å². The molecule has 4 aromatic carbocycles. The van der Waals surface area contributed by atoms with Gasteiger partial charge in [-0.25, -0.2) is 0 Å². The van der Waals surface area contributed by atoms with Crippen LogP contribution < -0.4 is 19.6 Å². The third-order valence-corrected chi connectivity index (χ3v) is 16.4. The minimum atomic E-state index is -2.16. The molecule has 2 N–H and O–H groups in total. The van der Waals surface area contributed by atoms with Gasteiger partial charge in [-0.1, -0.05) is 0 Å². The molecule has 240 valence electrons. The fraction of sp³-hybridized carbons (Fsp3) is 0.316. The third-order valence-electron chi connectivity index (χ3n) is 8.61. The predicted molar refractivity (Wildman–Crippen MR) is 185 cm³/mol. The molecule has 4 aromatic rings. The first-order valence-corrected chi connectivity index (χ1v) is 21.2. The number of benzene rings is 4. The molecule has 6 nitrogen and oxygen atoms in total. The van der Waals surface area contributed by atoms with Crippen molar-refractivity contribution in [3.05, 3.63) is 132 Å². The Labute approximate surface area is 280 Å². The van der Waals surface area contributed by atoms with Gasteiger partial charge in [0.1, 0.15) is 0 Å². The number of nitrogens with one attached hydrogen (secondary N) is 2. The van der Waals surface area contributed by atoms with Gasteiger partial charge in [-0.2, -0.15) is 0 Å². The summed E-state index contributed by atoms with van der Waals surface area (Å²) in [5.74, 6) is -0.122. The molecule has 0 aromatic heterocycles. The zero-order valence-electron chi connectivity index (χ0n) is 26.0. The maximum atomic E-state index is 13.0. The number of carbonyl (C=O) groups excluding carboxylic acids is 2. The van der Waals surface area contributed by atoms with Crippen LogP contribution in [0.25, 0.3) is 0 Å². The Morgan fingerprint density at radius 1 is 0.457 bits per heavy atom. The zero-order chi connectivity index (χ0) is 32.1. The summed E-state index contributed by atoms with van der Waals surface area (Å²) < 4.78 is 27.9. The molecule has 2 aliphatic rings. The van der Waals surface area contributed by atoms with Gasteiger partial charge in [0, 0.05) is 0 Å². The summed E-state index contributed by atoms with van der Waals surface area (Å²) in [5, 5.41) is 6.26. The number of rotatable bonds is 8. The van der Waals surface area contributed by atoms with Crippen LogP contribution >= 0.6 is 0 Å². The molecule has 2 fully saturated rings. The van der Waals surface area contributed by atoms with Crippen molar-refractivity contribution < 1.29 is 17.3 Å². The Hall–Kier alpha value is -3.54. The number of hydrogen-bond donors (Lipinski definition) is 2. The second-order valence-electron chi connectivity index (χ2n) is 11.8. The van der Waals surface area contributed by atoms with E-state index in [1.807, 2.05) is 121 Å². The normalized spacial score (nSPS) is 22.3. The van der Waals surface area contributed by atoms with Gasteiger partial charge in [-0.15, -0.1) is 0 Å². The van der Waals surface area contributed by atoms with E-state index in [1.54, 1.807) is 0 Å². The Balaban J connectivity index is 0.000000181. The zero-order valence-corrected chi connectivity index (χ0v) is 29.4. The van der Waals surface area contributed by atoms with Gasteiger partial charge in [0.15, 0.2) is 0 Å². The van der Waals surface area contributed by atoms with Gasteiger partial charge in [0.25, 0.3) is 0 Å². The molecule has 2 aliphatic carbocycles. The van der Waals surface area contributed by atoms with Crippen molar-refractivity contribution in [2.75, 3.05) is 0 Å². The maximum absolute atomic E-state index is 13.0. The minimum absolute atomic E-state index is 0.0131. The Morgan fingerprint density at radius 2 is 0.761 bits per heavy atom. The van der Waals surface area contributed by atoms with E-state index in [0.29, 0.717) is 11.1 Å². The van der Waals surface area contributed by atoms with Crippen molar-refractivity contribution in [2.24, 2.45) is 0 Å². The SMILES string of the molecule is O=C(N[C@@H]1CCCC[C@H]1[Se](=O)c1ccccc1)c1ccccc1.O=C(N[C@@H]1CCCC[C@H]1[Se](=O)c1ccccc1)c1ccccc1. The van der Waals surface area contributed by atoms with E-state index in [9.17, 15) is 17.3 Å². The molecular weight excluding hydrogens is 706 g/mol. The van der Waals surface area contributed by atoms with Crippen LogP contribution in [0.3, 0.4) is 0 Å². The molecule has 6 rings (SSSR count). The Kier molecular flexibility index (Phi) is 12.8. The summed E-state index contributed by atoms with van der Waals surface area (Å²) in [7, 11) is 0. The van der Waals surface area contributed by atoms with Crippen molar-refractivity contribution in [1.82, 2.24) is 10.6 Å². The topological polar surface area (TPSA) is 92.3 Å². The van der Waals surface area contributed by atoms with E-state index in [-0.39, 0.29) is 33.5 Å². The molecule has 46 heavy (non-hydrogen) atoms. The number of amides is 2. The fourth-order valence-electron chi connectivity index (χ4n) is 6.18. The van der Waals surface area contributed by atoms with Crippen LogP contribution in [0.2, 0.25) is 9.63 Å². The molecule has 0 spiro atoms. The summed E-state index contributed by atoms with van der Waals surface area (Å²) in [5.41, 5.74) is 1.33. The van der Waals surface area contributed by atoms with E-state index in [4.69, 9.17) is 0 Å². The molecule has 0 aliphatic heterocycles. The van der Waals surface area contributed by atoms with Gasteiger partial charge < -0.3 is 0 Å². The summed E-state index contributed by atoms with van der Waals surface area (Å²) >= 11 is -4.33. The first kappa shape index (κ1) is 33.8. The molecule has 8 heteroatoms. The van der Waals surface area contributed by atoms with Crippen molar-refractivity contribution in [3.63, 3.8) is 0 Å². The fourth-order valence-corrected chi connectivity index (χ4v) is 13.1. The third kappa shape index (κ3) is 9.26. The van der Waals surface area contributed by atoms with Crippen molar-refractivity contribution in [2.45, 2.75) is 73.1 Å². The molecule has 0 bridgehead atoms. The van der Waals surface area contributed by atoms with Gasteiger partial charge in [0.05, 0.1) is 0 Å². The van der Waals surface area contributed by atoms with Gasteiger partial charge in [0.2, 0.25) is 0 Å². The Morgan fingerprint density at radius 3 is 1.11 bits per heavy atom. The first-order chi connectivity index (χ1) is 22.5. The average Bonchev–Trinajstić information content (AvgIpc) is 3.13. The summed E-state index contributed by atoms with van der Waals surface area (Å²) in [6.45, 7) is 0. The molecule has 6 atom stereocenters. The molecule has 0 saturated heterocycles. The summed E-state index contributed by atoms with van der Waals surface area (Å²) in [6.07, 6.45) is 8.06. The van der Waals surface area contributed by atoms with E-state index >= 15 is 0 Å². The first-order valence-electron chi connectivity index (χ1n) is 16.1. The second-order valence-corrected chi connectivity index (χ2v) is 18.8. The van der Waals surface area contributed by atoms with Crippen molar-refractivity contribution in [3.8, 4) is 0 Å². The monoisotopic (exact) mass is 750 g/mol. The van der Waals surface area contributed by atoms with Crippen LogP contribution in [0.5, 0.6) is 0 Å². The average molecular weight is 749 g/mol. The van der Waals surface area contributed by atoms with E-state index in [0.717, 1.165) is 60.3 Å². The summed E-state index contributed by atoms with van der Waals surface area (Å²) in [4.78, 5) is 25.0. The quantitative estimate of drug-likeness (QED) is 0.213. The molecular formula is C38H42N2O4Se2. The Bertz CT molecular complexity index is 1470. The van der Waals surface area contributed by atoms with Crippen molar-refractivity contribution in [1.29, 1.82) is 0 Å². The van der Waals surface area contributed by atoms with E-state index < -0.39 is 27.7 Å². The molecule has 0 heterocycles. The molecule has 0 radical (unpaired) electrons. The molecule has 2 saturated carbocycles.